The molecule has 0 aromatic heterocycles. The highest BCUT2D eigenvalue weighted by Crippen LogP contribution is 2.33. The number of carbonyl (C=O) groups is 1. The average Bonchev–Trinajstić information content (AvgIpc) is 1.85. The first-order valence-electron chi connectivity index (χ1n) is 3.70. The fraction of sp³-hybridized carbons (Fsp3) is 0.857. The van der Waals surface area contributed by atoms with Gasteiger partial charge in [-0.1, -0.05) is 0 Å². The van der Waals surface area contributed by atoms with Gasteiger partial charge in [-0.15, -0.1) is 0 Å². The summed E-state index contributed by atoms with van der Waals surface area (Å²) in [6.07, 6.45) is 3.42. The quantitative estimate of drug-likeness (QED) is 0.518. The Labute approximate surface area is 59.7 Å². The molecular formula is C7H11NO2. The minimum absolute atomic E-state index is 0.0472. The van der Waals surface area contributed by atoms with Gasteiger partial charge < -0.3 is 10.1 Å². The molecule has 0 atom stereocenters. The smallest absolute Gasteiger partial charge is 0.246 e. The maximum absolute atomic E-state index is 10.8. The summed E-state index contributed by atoms with van der Waals surface area (Å²) in [6.45, 7) is 0.973. The Hall–Kier alpha value is -0.570. The van der Waals surface area contributed by atoms with Crippen molar-refractivity contribution in [3.63, 3.8) is 0 Å². The Kier molecular flexibility index (Phi) is 1.20. The van der Waals surface area contributed by atoms with Crippen molar-refractivity contribution in [3.8, 4) is 0 Å². The van der Waals surface area contributed by atoms with Crippen LogP contribution in [0.25, 0.3) is 0 Å². The van der Waals surface area contributed by atoms with Gasteiger partial charge in [0.1, 0.15) is 6.61 Å². The van der Waals surface area contributed by atoms with Gasteiger partial charge in [-0.3, -0.25) is 4.79 Å². The first-order chi connectivity index (χ1) is 4.81. The summed E-state index contributed by atoms with van der Waals surface area (Å²) in [4.78, 5) is 10.8. The second-order valence-corrected chi connectivity index (χ2v) is 3.17. The normalized spacial score (nSPS) is 29.4. The van der Waals surface area contributed by atoms with Crippen LogP contribution in [0.1, 0.15) is 19.3 Å². The van der Waals surface area contributed by atoms with Gasteiger partial charge in [-0.25, -0.2) is 0 Å². The number of amides is 1. The molecule has 1 amide bonds. The van der Waals surface area contributed by atoms with Crippen LogP contribution in [-0.4, -0.2) is 24.7 Å². The third kappa shape index (κ3) is 0.814. The molecule has 1 saturated carbocycles. The highest BCUT2D eigenvalue weighted by Gasteiger charge is 2.40. The molecule has 2 rings (SSSR count). The van der Waals surface area contributed by atoms with E-state index in [1.165, 1.54) is 6.42 Å². The summed E-state index contributed by atoms with van der Waals surface area (Å²) in [7, 11) is 0. The minimum atomic E-state index is 0.0472. The molecule has 1 heterocycles. The van der Waals surface area contributed by atoms with Crippen molar-refractivity contribution < 1.29 is 9.53 Å². The number of nitrogens with one attached hydrogen (secondary N) is 1. The van der Waals surface area contributed by atoms with Crippen molar-refractivity contribution in [3.05, 3.63) is 0 Å². The van der Waals surface area contributed by atoms with E-state index in [-0.39, 0.29) is 18.1 Å². The van der Waals surface area contributed by atoms with Crippen LogP contribution in [0.2, 0.25) is 0 Å². The molecule has 0 unspecified atom stereocenters. The standard InChI is InChI=1S/C7H11NO2/c9-6-4-10-5-7(8-6)2-1-3-7/h1-5H2,(H,8,9). The van der Waals surface area contributed by atoms with Crippen LogP contribution < -0.4 is 5.32 Å². The summed E-state index contributed by atoms with van der Waals surface area (Å²) in [6, 6.07) is 0. The number of carbonyl (C=O) groups excluding carboxylic acids is 1. The van der Waals surface area contributed by atoms with Crippen LogP contribution in [0.4, 0.5) is 0 Å². The van der Waals surface area contributed by atoms with E-state index < -0.39 is 0 Å². The monoisotopic (exact) mass is 141 g/mol. The zero-order chi connectivity index (χ0) is 7.03. The Morgan fingerprint density at radius 1 is 1.50 bits per heavy atom. The van der Waals surface area contributed by atoms with Gasteiger partial charge in [0.15, 0.2) is 0 Å². The van der Waals surface area contributed by atoms with E-state index in [4.69, 9.17) is 4.74 Å². The fourth-order valence-corrected chi connectivity index (χ4v) is 1.58. The molecule has 0 aromatic carbocycles. The summed E-state index contributed by atoms with van der Waals surface area (Å²) in [5.74, 6) is 0.0472. The van der Waals surface area contributed by atoms with E-state index in [2.05, 4.69) is 5.32 Å². The fourth-order valence-electron chi connectivity index (χ4n) is 1.58. The molecule has 56 valence electrons. The first kappa shape index (κ1) is 6.16. The Balaban J connectivity index is 2.02. The topological polar surface area (TPSA) is 38.3 Å². The number of hydrogen-bond donors (Lipinski definition) is 1. The van der Waals surface area contributed by atoms with E-state index in [1.807, 2.05) is 0 Å². The van der Waals surface area contributed by atoms with E-state index >= 15 is 0 Å². The molecule has 1 aliphatic carbocycles. The summed E-state index contributed by atoms with van der Waals surface area (Å²) in [5.41, 5.74) is 0.0509. The number of ether oxygens (including phenoxy) is 1. The lowest BCUT2D eigenvalue weighted by Gasteiger charge is -2.44. The molecule has 0 bridgehead atoms. The summed E-state index contributed by atoms with van der Waals surface area (Å²) in [5, 5.41) is 2.97. The van der Waals surface area contributed by atoms with Crippen LogP contribution in [0.5, 0.6) is 0 Å². The Bertz CT molecular complexity index is 163. The van der Waals surface area contributed by atoms with E-state index in [0.29, 0.717) is 0 Å². The van der Waals surface area contributed by atoms with Crippen molar-refractivity contribution in [2.45, 2.75) is 24.8 Å². The average molecular weight is 141 g/mol. The molecule has 0 radical (unpaired) electrons. The van der Waals surface area contributed by atoms with Crippen molar-refractivity contribution >= 4 is 5.91 Å². The number of hydrogen-bond acceptors (Lipinski definition) is 2. The molecule has 1 N–H and O–H groups in total. The Morgan fingerprint density at radius 2 is 2.30 bits per heavy atom. The molecule has 1 aliphatic heterocycles. The molecule has 2 fully saturated rings. The van der Waals surface area contributed by atoms with Crippen LogP contribution in [0.15, 0.2) is 0 Å². The molecule has 3 nitrogen and oxygen atoms in total. The van der Waals surface area contributed by atoms with E-state index in [1.54, 1.807) is 0 Å². The third-order valence-corrected chi connectivity index (χ3v) is 2.33. The third-order valence-electron chi connectivity index (χ3n) is 2.33. The lowest BCUT2D eigenvalue weighted by atomic mass is 9.77. The Morgan fingerprint density at radius 3 is 2.70 bits per heavy atom. The van der Waals surface area contributed by atoms with Crippen molar-refractivity contribution in [1.82, 2.24) is 5.32 Å². The van der Waals surface area contributed by atoms with Crippen molar-refractivity contribution in [2.75, 3.05) is 13.2 Å². The largest absolute Gasteiger partial charge is 0.369 e. The molecule has 3 heteroatoms. The van der Waals surface area contributed by atoms with Gasteiger partial charge >= 0.3 is 0 Å². The van der Waals surface area contributed by atoms with E-state index in [0.717, 1.165) is 19.4 Å². The van der Waals surface area contributed by atoms with Crippen molar-refractivity contribution in [2.24, 2.45) is 0 Å². The van der Waals surface area contributed by atoms with Crippen LogP contribution in [-0.2, 0) is 9.53 Å². The van der Waals surface area contributed by atoms with Gasteiger partial charge in [0.2, 0.25) is 5.91 Å². The molecule has 10 heavy (non-hydrogen) atoms. The molecule has 1 saturated heterocycles. The lowest BCUT2D eigenvalue weighted by molar-refractivity contribution is -0.138. The second kappa shape index (κ2) is 1.95. The SMILES string of the molecule is O=C1COCC2(CCC2)N1. The zero-order valence-electron chi connectivity index (χ0n) is 5.85. The highest BCUT2D eigenvalue weighted by atomic mass is 16.5. The van der Waals surface area contributed by atoms with Crippen LogP contribution in [0, 0.1) is 0 Å². The zero-order valence-corrected chi connectivity index (χ0v) is 5.85. The van der Waals surface area contributed by atoms with Crippen LogP contribution in [0.3, 0.4) is 0 Å². The molecule has 1 spiro atoms. The summed E-state index contributed by atoms with van der Waals surface area (Å²) >= 11 is 0. The molecular weight excluding hydrogens is 130 g/mol. The lowest BCUT2D eigenvalue weighted by Crippen LogP contribution is -2.60. The summed E-state index contributed by atoms with van der Waals surface area (Å²) < 4.78 is 5.13. The van der Waals surface area contributed by atoms with Gasteiger partial charge in [-0.2, -0.15) is 0 Å². The second-order valence-electron chi connectivity index (χ2n) is 3.17. The van der Waals surface area contributed by atoms with Gasteiger partial charge in [0.05, 0.1) is 12.1 Å². The number of morpholine rings is 1. The maximum atomic E-state index is 10.8. The first-order valence-corrected chi connectivity index (χ1v) is 3.70. The predicted octanol–water partition coefficient (Wildman–Crippen LogP) is 0.0555. The van der Waals surface area contributed by atoms with Gasteiger partial charge in [0, 0.05) is 0 Å². The highest BCUT2D eigenvalue weighted by molar-refractivity contribution is 5.78. The molecule has 0 aromatic rings. The van der Waals surface area contributed by atoms with Crippen molar-refractivity contribution in [1.29, 1.82) is 0 Å². The maximum Gasteiger partial charge on any atom is 0.246 e. The van der Waals surface area contributed by atoms with Crippen LogP contribution >= 0.6 is 0 Å². The van der Waals surface area contributed by atoms with Gasteiger partial charge in [0.25, 0.3) is 0 Å². The molecule has 2 aliphatic rings. The number of rotatable bonds is 0. The van der Waals surface area contributed by atoms with Gasteiger partial charge in [-0.05, 0) is 19.3 Å². The predicted molar refractivity (Wildman–Crippen MR) is 35.5 cm³/mol. The van der Waals surface area contributed by atoms with E-state index in [9.17, 15) is 4.79 Å². The minimum Gasteiger partial charge on any atom is -0.369 e.